The second-order valence-corrected chi connectivity index (χ2v) is 3.25. The van der Waals surface area contributed by atoms with Crippen molar-refractivity contribution < 1.29 is 0 Å². The third kappa shape index (κ3) is 2.09. The first-order chi connectivity index (χ1) is 5.11. The van der Waals surface area contributed by atoms with Gasteiger partial charge in [-0.1, -0.05) is 34.8 Å². The van der Waals surface area contributed by atoms with Gasteiger partial charge < -0.3 is 5.73 Å². The fraction of sp³-hybridized carbons (Fsp3) is 0.200. The number of hydrogen-bond acceptors (Lipinski definition) is 3. The number of nitrogens with zero attached hydrogens (tertiary/aromatic N) is 2. The minimum absolute atomic E-state index is 0.160. The molecule has 0 saturated carbocycles. The highest BCUT2D eigenvalue weighted by atomic mass is 35.5. The third-order valence-electron chi connectivity index (χ3n) is 1.01. The molecule has 11 heavy (non-hydrogen) atoms. The van der Waals surface area contributed by atoms with Crippen molar-refractivity contribution in [1.29, 1.82) is 0 Å². The SMILES string of the molecule is Nc1nc(Cl)cnc1C(Cl)Cl. The lowest BCUT2D eigenvalue weighted by molar-refractivity contribution is 1.09. The Morgan fingerprint density at radius 1 is 1.45 bits per heavy atom. The highest BCUT2D eigenvalue weighted by Crippen LogP contribution is 2.26. The molecule has 1 rings (SSSR count). The van der Waals surface area contributed by atoms with Crippen LogP contribution in [-0.2, 0) is 0 Å². The lowest BCUT2D eigenvalue weighted by Gasteiger charge is -2.02. The summed E-state index contributed by atoms with van der Waals surface area (Å²) in [5.41, 5.74) is 5.73. The van der Waals surface area contributed by atoms with Crippen LogP contribution in [0.25, 0.3) is 0 Å². The first-order valence-corrected chi connectivity index (χ1v) is 3.92. The maximum absolute atomic E-state index is 5.50. The minimum Gasteiger partial charge on any atom is -0.382 e. The molecule has 0 saturated heterocycles. The van der Waals surface area contributed by atoms with Crippen molar-refractivity contribution in [3.63, 3.8) is 0 Å². The topological polar surface area (TPSA) is 51.8 Å². The van der Waals surface area contributed by atoms with E-state index >= 15 is 0 Å². The molecule has 0 fully saturated rings. The fourth-order valence-electron chi connectivity index (χ4n) is 0.558. The van der Waals surface area contributed by atoms with Gasteiger partial charge in [0.05, 0.1) is 6.20 Å². The van der Waals surface area contributed by atoms with Gasteiger partial charge in [-0.3, -0.25) is 4.98 Å². The van der Waals surface area contributed by atoms with E-state index in [9.17, 15) is 0 Å². The van der Waals surface area contributed by atoms with Gasteiger partial charge in [0.25, 0.3) is 0 Å². The molecule has 0 aliphatic carbocycles. The molecule has 60 valence electrons. The zero-order valence-electron chi connectivity index (χ0n) is 5.26. The number of hydrogen-bond donors (Lipinski definition) is 1. The Balaban J connectivity index is 3.09. The van der Waals surface area contributed by atoms with Gasteiger partial charge in [0.2, 0.25) is 0 Å². The molecule has 1 aromatic heterocycles. The fourth-order valence-corrected chi connectivity index (χ4v) is 1.03. The highest BCUT2D eigenvalue weighted by molar-refractivity contribution is 6.44. The Morgan fingerprint density at radius 2 is 2.09 bits per heavy atom. The third-order valence-corrected chi connectivity index (χ3v) is 1.60. The van der Waals surface area contributed by atoms with Crippen molar-refractivity contribution in [1.82, 2.24) is 9.97 Å². The standard InChI is InChI=1S/C5H4Cl3N3/c6-2-1-10-3(4(7)8)5(9)11-2/h1,4H,(H2,9,11). The van der Waals surface area contributed by atoms with E-state index in [1.165, 1.54) is 6.20 Å². The van der Waals surface area contributed by atoms with Gasteiger partial charge in [-0.05, 0) is 0 Å². The van der Waals surface area contributed by atoms with Gasteiger partial charge in [-0.2, -0.15) is 0 Å². The van der Waals surface area contributed by atoms with Gasteiger partial charge >= 0.3 is 0 Å². The largest absolute Gasteiger partial charge is 0.382 e. The van der Waals surface area contributed by atoms with Crippen molar-refractivity contribution in [3.05, 3.63) is 17.0 Å². The normalized spacial score (nSPS) is 10.5. The van der Waals surface area contributed by atoms with E-state index in [2.05, 4.69) is 9.97 Å². The first-order valence-electron chi connectivity index (χ1n) is 2.67. The highest BCUT2D eigenvalue weighted by Gasteiger charge is 2.10. The molecule has 2 N–H and O–H groups in total. The lowest BCUT2D eigenvalue weighted by Crippen LogP contribution is -2.00. The molecule has 0 spiro atoms. The number of anilines is 1. The van der Waals surface area contributed by atoms with E-state index in [0.717, 1.165) is 0 Å². The number of alkyl halides is 2. The van der Waals surface area contributed by atoms with E-state index < -0.39 is 4.84 Å². The van der Waals surface area contributed by atoms with Crippen LogP contribution in [0.2, 0.25) is 5.15 Å². The van der Waals surface area contributed by atoms with Crippen LogP contribution in [-0.4, -0.2) is 9.97 Å². The van der Waals surface area contributed by atoms with E-state index in [4.69, 9.17) is 40.5 Å². The maximum Gasteiger partial charge on any atom is 0.153 e. The molecule has 0 atom stereocenters. The zero-order chi connectivity index (χ0) is 8.43. The van der Waals surface area contributed by atoms with Crippen LogP contribution in [0.5, 0.6) is 0 Å². The summed E-state index contributed by atoms with van der Waals surface area (Å²) in [6, 6.07) is 0. The second kappa shape index (κ2) is 3.43. The van der Waals surface area contributed by atoms with Crippen molar-refractivity contribution in [3.8, 4) is 0 Å². The number of aromatic nitrogens is 2. The summed E-state index contributed by atoms with van der Waals surface area (Å²) in [6.45, 7) is 0. The van der Waals surface area contributed by atoms with E-state index in [-0.39, 0.29) is 11.0 Å². The summed E-state index contributed by atoms with van der Waals surface area (Å²) in [7, 11) is 0. The molecule has 1 aromatic rings. The van der Waals surface area contributed by atoms with Crippen molar-refractivity contribution in [2.75, 3.05) is 5.73 Å². The molecule has 1 heterocycles. The van der Waals surface area contributed by atoms with Crippen LogP contribution in [0.4, 0.5) is 5.82 Å². The number of rotatable bonds is 1. The molecule has 6 heteroatoms. The molecule has 0 amide bonds. The molecular weight excluding hydrogens is 208 g/mol. The van der Waals surface area contributed by atoms with Crippen LogP contribution in [0.1, 0.15) is 10.5 Å². The van der Waals surface area contributed by atoms with Gasteiger partial charge in [-0.25, -0.2) is 4.98 Å². The number of nitrogens with two attached hydrogens (primary N) is 1. The smallest absolute Gasteiger partial charge is 0.153 e. The maximum atomic E-state index is 5.50. The summed E-state index contributed by atoms with van der Waals surface area (Å²) in [6.07, 6.45) is 1.34. The van der Waals surface area contributed by atoms with E-state index in [1.54, 1.807) is 0 Å². The molecule has 0 bridgehead atoms. The van der Waals surface area contributed by atoms with Crippen molar-refractivity contribution >= 4 is 40.6 Å². The van der Waals surface area contributed by atoms with Gasteiger partial charge in [0, 0.05) is 0 Å². The Hall–Kier alpha value is -0.250. The zero-order valence-corrected chi connectivity index (χ0v) is 7.53. The quantitative estimate of drug-likeness (QED) is 0.726. The summed E-state index contributed by atoms with van der Waals surface area (Å²) in [5.74, 6) is 0.160. The summed E-state index contributed by atoms with van der Waals surface area (Å²) in [5, 5.41) is 0.222. The predicted molar refractivity (Wildman–Crippen MR) is 45.9 cm³/mol. The van der Waals surface area contributed by atoms with Crippen molar-refractivity contribution in [2.45, 2.75) is 4.84 Å². The molecule has 0 unspecified atom stereocenters. The number of nitrogen functional groups attached to an aromatic ring is 1. The van der Waals surface area contributed by atoms with Gasteiger partial charge in [0.1, 0.15) is 16.7 Å². The first kappa shape index (κ1) is 8.84. The average molecular weight is 212 g/mol. The van der Waals surface area contributed by atoms with E-state index in [0.29, 0.717) is 5.69 Å². The van der Waals surface area contributed by atoms with E-state index in [1.807, 2.05) is 0 Å². The van der Waals surface area contributed by atoms with Crippen LogP contribution >= 0.6 is 34.8 Å². The molecule has 0 radical (unpaired) electrons. The molecule has 0 aliphatic heterocycles. The number of halogens is 3. The summed E-state index contributed by atoms with van der Waals surface area (Å²) in [4.78, 5) is 6.74. The second-order valence-electron chi connectivity index (χ2n) is 1.76. The molecule has 0 aliphatic rings. The summed E-state index contributed by atoms with van der Waals surface area (Å²) < 4.78 is 0. The minimum atomic E-state index is -0.764. The Morgan fingerprint density at radius 3 is 2.55 bits per heavy atom. The monoisotopic (exact) mass is 211 g/mol. The van der Waals surface area contributed by atoms with Gasteiger partial charge in [-0.15, -0.1) is 0 Å². The van der Waals surface area contributed by atoms with Crippen molar-refractivity contribution in [2.24, 2.45) is 0 Å². The molecule has 3 nitrogen and oxygen atoms in total. The van der Waals surface area contributed by atoms with Crippen LogP contribution in [0.3, 0.4) is 0 Å². The summed E-state index contributed by atoms with van der Waals surface area (Å²) >= 11 is 16.5. The van der Waals surface area contributed by atoms with Gasteiger partial charge in [0.15, 0.2) is 4.84 Å². The Labute approximate surface area is 78.5 Å². The predicted octanol–water partition coefficient (Wildman–Crippen LogP) is 2.19. The van der Waals surface area contributed by atoms with Crippen LogP contribution in [0, 0.1) is 0 Å². The lowest BCUT2D eigenvalue weighted by atomic mass is 10.4. The molecular formula is C5H4Cl3N3. The average Bonchev–Trinajstić information content (AvgIpc) is 1.85. The molecule has 0 aromatic carbocycles. The Bertz CT molecular complexity index is 263. The Kier molecular flexibility index (Phi) is 2.76. The van der Waals surface area contributed by atoms with Crippen LogP contribution < -0.4 is 5.73 Å². The van der Waals surface area contributed by atoms with Crippen LogP contribution in [0.15, 0.2) is 6.20 Å².